The number of halogens is 1. The summed E-state index contributed by atoms with van der Waals surface area (Å²) >= 11 is 5.84. The highest BCUT2D eigenvalue weighted by Crippen LogP contribution is 2.18. The molecular formula is C22H20ClN3O3S. The molecule has 0 aliphatic heterocycles. The maximum absolute atomic E-state index is 12.8. The number of hydrogen-bond donors (Lipinski definition) is 2. The first-order valence-electron chi connectivity index (χ1n) is 9.29. The van der Waals surface area contributed by atoms with E-state index in [1.165, 1.54) is 24.3 Å². The summed E-state index contributed by atoms with van der Waals surface area (Å²) in [7, 11) is -3.95. The number of nitrogens with one attached hydrogen (secondary N) is 2. The van der Waals surface area contributed by atoms with Crippen LogP contribution in [0, 0.1) is 11.3 Å². The zero-order valence-electron chi connectivity index (χ0n) is 16.0. The zero-order chi connectivity index (χ0) is 21.6. The fourth-order valence-corrected chi connectivity index (χ4v) is 4.34. The van der Waals surface area contributed by atoms with Crippen molar-refractivity contribution in [2.75, 3.05) is 6.54 Å². The van der Waals surface area contributed by atoms with Crippen molar-refractivity contribution in [3.05, 3.63) is 77.3 Å². The standard InChI is InChI=1S/C22H20ClN3O3S/c23-19-8-10-20(11-9-19)30(28,29)26-21(22(27)25-13-3-12-24)15-16-6-7-17-4-1-2-5-18(17)14-16/h1-2,4-11,14,21,26H,3,13,15H2,(H,25,27). The topological polar surface area (TPSA) is 99.1 Å². The lowest BCUT2D eigenvalue weighted by molar-refractivity contribution is -0.122. The fourth-order valence-electron chi connectivity index (χ4n) is 3.02. The molecule has 6 nitrogen and oxygen atoms in total. The van der Waals surface area contributed by atoms with E-state index in [9.17, 15) is 13.2 Å². The van der Waals surface area contributed by atoms with Gasteiger partial charge in [0.2, 0.25) is 15.9 Å². The second-order valence-electron chi connectivity index (χ2n) is 6.71. The molecule has 0 spiro atoms. The SMILES string of the molecule is N#CCCNC(=O)C(Cc1ccc2ccccc2c1)NS(=O)(=O)c1ccc(Cl)cc1. The predicted octanol–water partition coefficient (Wildman–Crippen LogP) is 3.41. The Labute approximate surface area is 180 Å². The van der Waals surface area contributed by atoms with E-state index < -0.39 is 22.0 Å². The second-order valence-corrected chi connectivity index (χ2v) is 8.86. The van der Waals surface area contributed by atoms with Crippen LogP contribution in [-0.2, 0) is 21.2 Å². The number of rotatable bonds is 8. The summed E-state index contributed by atoms with van der Waals surface area (Å²) in [6.07, 6.45) is 0.300. The lowest BCUT2D eigenvalue weighted by Crippen LogP contribution is -2.48. The molecule has 3 rings (SSSR count). The third-order valence-corrected chi connectivity index (χ3v) is 6.27. The highest BCUT2D eigenvalue weighted by atomic mass is 35.5. The molecule has 0 aliphatic carbocycles. The van der Waals surface area contributed by atoms with Gasteiger partial charge in [0.25, 0.3) is 0 Å². The van der Waals surface area contributed by atoms with Crippen LogP contribution in [0.4, 0.5) is 0 Å². The number of hydrogen-bond acceptors (Lipinski definition) is 4. The van der Waals surface area contributed by atoms with Gasteiger partial charge in [-0.2, -0.15) is 9.98 Å². The van der Waals surface area contributed by atoms with Crippen molar-refractivity contribution >= 4 is 38.3 Å². The van der Waals surface area contributed by atoms with Gasteiger partial charge in [-0.1, -0.05) is 54.1 Å². The minimum atomic E-state index is -3.95. The van der Waals surface area contributed by atoms with Gasteiger partial charge in [-0.05, 0) is 47.0 Å². The van der Waals surface area contributed by atoms with E-state index in [2.05, 4.69) is 10.0 Å². The number of nitriles is 1. The first-order valence-corrected chi connectivity index (χ1v) is 11.2. The molecule has 0 radical (unpaired) electrons. The van der Waals surface area contributed by atoms with Gasteiger partial charge in [0.05, 0.1) is 17.4 Å². The summed E-state index contributed by atoms with van der Waals surface area (Å²) in [5.41, 5.74) is 0.813. The highest BCUT2D eigenvalue weighted by Gasteiger charge is 2.26. The Morgan fingerprint density at radius 1 is 1.03 bits per heavy atom. The second kappa shape index (κ2) is 9.72. The lowest BCUT2D eigenvalue weighted by atomic mass is 10.0. The average molecular weight is 442 g/mol. The first kappa shape index (κ1) is 21.8. The predicted molar refractivity (Wildman–Crippen MR) is 116 cm³/mol. The Morgan fingerprint density at radius 2 is 1.73 bits per heavy atom. The summed E-state index contributed by atoms with van der Waals surface area (Å²) in [4.78, 5) is 12.7. The maximum atomic E-state index is 12.8. The average Bonchev–Trinajstić information content (AvgIpc) is 2.73. The van der Waals surface area contributed by atoms with Gasteiger partial charge in [-0.25, -0.2) is 8.42 Å². The molecule has 8 heteroatoms. The highest BCUT2D eigenvalue weighted by molar-refractivity contribution is 7.89. The van der Waals surface area contributed by atoms with Gasteiger partial charge < -0.3 is 5.32 Å². The smallest absolute Gasteiger partial charge is 0.241 e. The molecule has 3 aromatic carbocycles. The van der Waals surface area contributed by atoms with Crippen LogP contribution in [0.2, 0.25) is 5.02 Å². The Kier molecular flexibility index (Phi) is 7.06. The van der Waals surface area contributed by atoms with Gasteiger partial charge >= 0.3 is 0 Å². The zero-order valence-corrected chi connectivity index (χ0v) is 17.6. The van der Waals surface area contributed by atoms with E-state index >= 15 is 0 Å². The summed E-state index contributed by atoms with van der Waals surface area (Å²) < 4.78 is 28.1. The number of sulfonamides is 1. The Morgan fingerprint density at radius 3 is 2.43 bits per heavy atom. The van der Waals surface area contributed by atoms with Gasteiger partial charge in [0.1, 0.15) is 6.04 Å². The van der Waals surface area contributed by atoms with Gasteiger partial charge in [-0.3, -0.25) is 4.79 Å². The number of fused-ring (bicyclic) bond motifs is 1. The molecule has 0 aromatic heterocycles. The third kappa shape index (κ3) is 5.57. The molecule has 154 valence electrons. The molecule has 0 fully saturated rings. The minimum absolute atomic E-state index is 0.0141. The summed E-state index contributed by atoms with van der Waals surface area (Å²) in [6.45, 7) is 0.145. The first-order chi connectivity index (χ1) is 14.4. The van der Waals surface area contributed by atoms with Crippen LogP contribution in [0.3, 0.4) is 0 Å². The number of carbonyl (C=O) groups is 1. The quantitative estimate of drug-likeness (QED) is 0.523. The van der Waals surface area contributed by atoms with Crippen LogP contribution in [0.25, 0.3) is 10.8 Å². The van der Waals surface area contributed by atoms with Crippen LogP contribution in [0.15, 0.2) is 71.6 Å². The van der Waals surface area contributed by atoms with Crippen molar-refractivity contribution in [2.24, 2.45) is 0 Å². The van der Waals surface area contributed by atoms with Crippen molar-refractivity contribution < 1.29 is 13.2 Å². The normalized spacial score (nSPS) is 12.3. The minimum Gasteiger partial charge on any atom is -0.354 e. The van der Waals surface area contributed by atoms with Crippen molar-refractivity contribution in [1.29, 1.82) is 5.26 Å². The van der Waals surface area contributed by atoms with Gasteiger partial charge in [-0.15, -0.1) is 0 Å². The van der Waals surface area contributed by atoms with E-state index in [0.717, 1.165) is 16.3 Å². The molecule has 1 amide bonds. The number of amides is 1. The number of benzene rings is 3. The summed E-state index contributed by atoms with van der Waals surface area (Å²) in [5, 5.41) is 13.8. The molecule has 1 atom stereocenters. The van der Waals surface area contributed by atoms with Crippen molar-refractivity contribution in [3.8, 4) is 6.07 Å². The van der Waals surface area contributed by atoms with Gasteiger partial charge in [0.15, 0.2) is 0 Å². The van der Waals surface area contributed by atoms with E-state index in [-0.39, 0.29) is 24.3 Å². The third-order valence-electron chi connectivity index (χ3n) is 4.53. The van der Waals surface area contributed by atoms with E-state index in [1.54, 1.807) is 0 Å². The van der Waals surface area contributed by atoms with Crippen molar-refractivity contribution in [1.82, 2.24) is 10.0 Å². The van der Waals surface area contributed by atoms with Crippen LogP contribution in [-0.4, -0.2) is 26.9 Å². The molecule has 1 unspecified atom stereocenters. The monoisotopic (exact) mass is 441 g/mol. The molecule has 0 saturated carbocycles. The Balaban J connectivity index is 1.86. The van der Waals surface area contributed by atoms with E-state index in [0.29, 0.717) is 5.02 Å². The summed E-state index contributed by atoms with van der Waals surface area (Å²) in [6, 6.07) is 20.1. The van der Waals surface area contributed by atoms with Crippen LogP contribution in [0.5, 0.6) is 0 Å². The van der Waals surface area contributed by atoms with Crippen molar-refractivity contribution in [2.45, 2.75) is 23.8 Å². The Hall–Kier alpha value is -2.92. The molecule has 0 aliphatic rings. The van der Waals surface area contributed by atoms with E-state index in [1.807, 2.05) is 48.5 Å². The molecule has 30 heavy (non-hydrogen) atoms. The molecular weight excluding hydrogens is 422 g/mol. The molecule has 3 aromatic rings. The van der Waals surface area contributed by atoms with Crippen LogP contribution < -0.4 is 10.0 Å². The molecule has 0 saturated heterocycles. The maximum Gasteiger partial charge on any atom is 0.241 e. The summed E-state index contributed by atoms with van der Waals surface area (Å²) in [5.74, 6) is -0.490. The number of carbonyl (C=O) groups excluding carboxylic acids is 1. The fraction of sp³-hybridized carbons (Fsp3) is 0.182. The van der Waals surface area contributed by atoms with Crippen molar-refractivity contribution in [3.63, 3.8) is 0 Å². The van der Waals surface area contributed by atoms with E-state index in [4.69, 9.17) is 16.9 Å². The Bertz CT molecular complexity index is 1190. The largest absolute Gasteiger partial charge is 0.354 e. The molecule has 0 bridgehead atoms. The number of nitrogens with zero attached hydrogens (tertiary/aromatic N) is 1. The molecule has 2 N–H and O–H groups in total. The lowest BCUT2D eigenvalue weighted by Gasteiger charge is -2.19. The molecule has 0 heterocycles. The van der Waals surface area contributed by atoms with Crippen LogP contribution in [0.1, 0.15) is 12.0 Å². The van der Waals surface area contributed by atoms with Gasteiger partial charge in [0, 0.05) is 11.6 Å². The van der Waals surface area contributed by atoms with Crippen LogP contribution >= 0.6 is 11.6 Å².